The highest BCUT2D eigenvalue weighted by Crippen LogP contribution is 2.11. The van der Waals surface area contributed by atoms with Gasteiger partial charge in [-0.25, -0.2) is 9.97 Å². The van der Waals surface area contributed by atoms with E-state index < -0.39 is 0 Å². The number of amides is 1. The molecule has 1 amide bonds. The first-order chi connectivity index (χ1) is 12.7. The standard InChI is InChI=1S/C21H22N4O/c1-2-16-8-10-18(11-9-16)25-21(26)19-14-24-20(15-23-19)22-13-12-17-6-4-3-5-7-17/h3-11,14-15H,2,12-13H2,1H3,(H,22,24)(H,25,26). The van der Waals surface area contributed by atoms with Crippen LogP contribution >= 0.6 is 0 Å². The second kappa shape index (κ2) is 8.76. The van der Waals surface area contributed by atoms with Gasteiger partial charge in [-0.2, -0.15) is 0 Å². The molecule has 0 saturated carbocycles. The largest absolute Gasteiger partial charge is 0.368 e. The van der Waals surface area contributed by atoms with Gasteiger partial charge in [0.25, 0.3) is 5.91 Å². The van der Waals surface area contributed by atoms with E-state index in [4.69, 9.17) is 0 Å². The molecule has 0 aliphatic rings. The summed E-state index contributed by atoms with van der Waals surface area (Å²) >= 11 is 0. The van der Waals surface area contributed by atoms with Crippen molar-refractivity contribution in [1.82, 2.24) is 9.97 Å². The third kappa shape index (κ3) is 4.89. The van der Waals surface area contributed by atoms with Gasteiger partial charge in [0.1, 0.15) is 11.5 Å². The summed E-state index contributed by atoms with van der Waals surface area (Å²) in [7, 11) is 0. The molecule has 5 nitrogen and oxygen atoms in total. The summed E-state index contributed by atoms with van der Waals surface area (Å²) in [6.45, 7) is 2.85. The van der Waals surface area contributed by atoms with Gasteiger partial charge < -0.3 is 10.6 Å². The number of aromatic nitrogens is 2. The number of rotatable bonds is 7. The maximum absolute atomic E-state index is 12.2. The lowest BCUT2D eigenvalue weighted by Gasteiger charge is -2.07. The summed E-state index contributed by atoms with van der Waals surface area (Å²) in [5.41, 5.74) is 3.53. The minimum Gasteiger partial charge on any atom is -0.368 e. The van der Waals surface area contributed by atoms with Crippen molar-refractivity contribution in [2.24, 2.45) is 0 Å². The molecule has 2 aromatic carbocycles. The fourth-order valence-electron chi connectivity index (χ4n) is 2.54. The van der Waals surface area contributed by atoms with Crippen LogP contribution in [0.2, 0.25) is 0 Å². The number of hydrogen-bond donors (Lipinski definition) is 2. The van der Waals surface area contributed by atoms with E-state index in [1.54, 1.807) is 6.20 Å². The third-order valence-electron chi connectivity index (χ3n) is 4.07. The Labute approximate surface area is 153 Å². The Kier molecular flexibility index (Phi) is 5.93. The maximum Gasteiger partial charge on any atom is 0.275 e. The Bertz CT molecular complexity index is 830. The van der Waals surface area contributed by atoms with Crippen molar-refractivity contribution in [3.8, 4) is 0 Å². The van der Waals surface area contributed by atoms with Crippen LogP contribution < -0.4 is 10.6 Å². The van der Waals surface area contributed by atoms with Crippen LogP contribution in [0.5, 0.6) is 0 Å². The molecular weight excluding hydrogens is 324 g/mol. The zero-order chi connectivity index (χ0) is 18.2. The van der Waals surface area contributed by atoms with E-state index >= 15 is 0 Å². The smallest absolute Gasteiger partial charge is 0.275 e. The van der Waals surface area contributed by atoms with Crippen LogP contribution in [0.1, 0.15) is 28.5 Å². The zero-order valence-corrected chi connectivity index (χ0v) is 14.8. The molecule has 3 aromatic rings. The summed E-state index contributed by atoms with van der Waals surface area (Å²) in [5.74, 6) is 0.391. The summed E-state index contributed by atoms with van der Waals surface area (Å²) in [6.07, 6.45) is 4.94. The molecule has 0 atom stereocenters. The van der Waals surface area contributed by atoms with Crippen molar-refractivity contribution < 1.29 is 4.79 Å². The molecule has 0 aliphatic carbocycles. The lowest BCUT2D eigenvalue weighted by molar-refractivity contribution is 0.102. The maximum atomic E-state index is 12.2. The second-order valence-corrected chi connectivity index (χ2v) is 5.95. The fourth-order valence-corrected chi connectivity index (χ4v) is 2.54. The molecule has 5 heteroatoms. The number of carbonyl (C=O) groups excluding carboxylic acids is 1. The van der Waals surface area contributed by atoms with E-state index in [2.05, 4.69) is 39.7 Å². The Balaban J connectivity index is 1.52. The molecule has 1 heterocycles. The van der Waals surface area contributed by atoms with Crippen molar-refractivity contribution in [1.29, 1.82) is 0 Å². The van der Waals surface area contributed by atoms with Crippen LogP contribution in [0.4, 0.5) is 11.5 Å². The average Bonchev–Trinajstić information content (AvgIpc) is 2.70. The van der Waals surface area contributed by atoms with Crippen molar-refractivity contribution >= 4 is 17.4 Å². The minimum absolute atomic E-state index is 0.266. The lowest BCUT2D eigenvalue weighted by Crippen LogP contribution is -2.15. The van der Waals surface area contributed by atoms with E-state index in [1.807, 2.05) is 42.5 Å². The average molecular weight is 346 g/mol. The molecule has 26 heavy (non-hydrogen) atoms. The van der Waals surface area contributed by atoms with Gasteiger partial charge in [-0.3, -0.25) is 4.79 Å². The second-order valence-electron chi connectivity index (χ2n) is 5.95. The predicted octanol–water partition coefficient (Wildman–Crippen LogP) is 3.95. The number of hydrogen-bond acceptors (Lipinski definition) is 4. The van der Waals surface area contributed by atoms with E-state index in [1.165, 1.54) is 17.3 Å². The van der Waals surface area contributed by atoms with Gasteiger partial charge >= 0.3 is 0 Å². The van der Waals surface area contributed by atoms with Crippen LogP contribution in [-0.2, 0) is 12.8 Å². The number of carbonyl (C=O) groups is 1. The third-order valence-corrected chi connectivity index (χ3v) is 4.07. The molecule has 0 saturated heterocycles. The zero-order valence-electron chi connectivity index (χ0n) is 14.8. The van der Waals surface area contributed by atoms with Crippen LogP contribution in [0, 0.1) is 0 Å². The Morgan fingerprint density at radius 3 is 2.35 bits per heavy atom. The highest BCUT2D eigenvalue weighted by atomic mass is 16.1. The molecule has 0 aliphatic heterocycles. The molecule has 3 rings (SSSR count). The van der Waals surface area contributed by atoms with E-state index in [9.17, 15) is 4.79 Å². The number of aryl methyl sites for hydroxylation is 1. The fraction of sp³-hybridized carbons (Fsp3) is 0.190. The first kappa shape index (κ1) is 17.6. The highest BCUT2D eigenvalue weighted by Gasteiger charge is 2.08. The first-order valence-electron chi connectivity index (χ1n) is 8.74. The normalized spacial score (nSPS) is 10.3. The van der Waals surface area contributed by atoms with Gasteiger partial charge in [-0.05, 0) is 36.1 Å². The quantitative estimate of drug-likeness (QED) is 0.680. The van der Waals surface area contributed by atoms with Gasteiger partial charge in [0.05, 0.1) is 12.4 Å². The SMILES string of the molecule is CCc1ccc(NC(=O)c2cnc(NCCc3ccccc3)cn2)cc1. The van der Waals surface area contributed by atoms with Crippen molar-refractivity contribution in [2.45, 2.75) is 19.8 Å². The van der Waals surface area contributed by atoms with Gasteiger partial charge in [0, 0.05) is 12.2 Å². The summed E-state index contributed by atoms with van der Waals surface area (Å²) in [4.78, 5) is 20.7. The molecule has 132 valence electrons. The van der Waals surface area contributed by atoms with Crippen LogP contribution in [0.25, 0.3) is 0 Å². The molecular formula is C21H22N4O. The number of nitrogens with zero attached hydrogens (tertiary/aromatic N) is 2. The highest BCUT2D eigenvalue weighted by molar-refractivity contribution is 6.02. The molecule has 0 unspecified atom stereocenters. The number of anilines is 2. The van der Waals surface area contributed by atoms with Gasteiger partial charge in [0.2, 0.25) is 0 Å². The summed E-state index contributed by atoms with van der Waals surface area (Å²) < 4.78 is 0. The number of benzene rings is 2. The van der Waals surface area contributed by atoms with E-state index in [0.717, 1.165) is 25.1 Å². The van der Waals surface area contributed by atoms with Crippen LogP contribution in [-0.4, -0.2) is 22.4 Å². The summed E-state index contributed by atoms with van der Waals surface area (Å²) in [6, 6.07) is 18.0. The topological polar surface area (TPSA) is 66.9 Å². The summed E-state index contributed by atoms with van der Waals surface area (Å²) in [5, 5.41) is 6.05. The first-order valence-corrected chi connectivity index (χ1v) is 8.74. The van der Waals surface area contributed by atoms with E-state index in [-0.39, 0.29) is 11.6 Å². The minimum atomic E-state index is -0.266. The van der Waals surface area contributed by atoms with Gasteiger partial charge in [-0.15, -0.1) is 0 Å². The van der Waals surface area contributed by atoms with Crippen LogP contribution in [0.15, 0.2) is 67.0 Å². The van der Waals surface area contributed by atoms with Crippen molar-refractivity contribution in [3.05, 3.63) is 83.8 Å². The molecule has 2 N–H and O–H groups in total. The predicted molar refractivity (Wildman–Crippen MR) is 104 cm³/mol. The van der Waals surface area contributed by atoms with Gasteiger partial charge in [0.15, 0.2) is 0 Å². The molecule has 0 spiro atoms. The Morgan fingerprint density at radius 1 is 0.923 bits per heavy atom. The van der Waals surface area contributed by atoms with Crippen LogP contribution in [0.3, 0.4) is 0 Å². The number of nitrogens with one attached hydrogen (secondary N) is 2. The Morgan fingerprint density at radius 2 is 1.69 bits per heavy atom. The van der Waals surface area contributed by atoms with Gasteiger partial charge in [-0.1, -0.05) is 49.4 Å². The molecule has 0 radical (unpaired) electrons. The molecule has 1 aromatic heterocycles. The monoisotopic (exact) mass is 346 g/mol. The van der Waals surface area contributed by atoms with Crippen molar-refractivity contribution in [2.75, 3.05) is 17.2 Å². The molecule has 0 fully saturated rings. The lowest BCUT2D eigenvalue weighted by atomic mass is 10.1. The molecule has 0 bridgehead atoms. The Hall–Kier alpha value is -3.21. The van der Waals surface area contributed by atoms with Crippen molar-refractivity contribution in [3.63, 3.8) is 0 Å². The van der Waals surface area contributed by atoms with E-state index in [0.29, 0.717) is 5.82 Å².